The van der Waals surface area contributed by atoms with Crippen LogP contribution in [0, 0.1) is 0 Å². The summed E-state index contributed by atoms with van der Waals surface area (Å²) in [6.45, 7) is 0. The van der Waals surface area contributed by atoms with Crippen LogP contribution in [0.15, 0.2) is 46.2 Å². The number of hydrogen-bond acceptors (Lipinski definition) is 5. The summed E-state index contributed by atoms with van der Waals surface area (Å²) < 4.78 is 6.02. The largest absolute Gasteiger partial charge is 0.481 e. The lowest BCUT2D eigenvalue weighted by molar-refractivity contribution is 0.397. The van der Waals surface area contributed by atoms with E-state index in [0.29, 0.717) is 11.7 Å². The summed E-state index contributed by atoms with van der Waals surface area (Å²) in [5.41, 5.74) is 3.80. The van der Waals surface area contributed by atoms with Gasteiger partial charge in [0.1, 0.15) is 6.33 Å². The van der Waals surface area contributed by atoms with Crippen LogP contribution in [0.3, 0.4) is 0 Å². The van der Waals surface area contributed by atoms with Crippen LogP contribution in [-0.2, 0) is 0 Å². The third-order valence-electron chi connectivity index (χ3n) is 2.11. The molecule has 0 saturated carbocycles. The summed E-state index contributed by atoms with van der Waals surface area (Å²) in [7, 11) is 1.55. The zero-order valence-corrected chi connectivity index (χ0v) is 11.3. The summed E-state index contributed by atoms with van der Waals surface area (Å²) in [5, 5.41) is 4.08. The van der Waals surface area contributed by atoms with Crippen molar-refractivity contribution in [3.63, 3.8) is 0 Å². The Bertz CT molecular complexity index is 542. The second-order valence-corrected chi connectivity index (χ2v) is 4.28. The number of methoxy groups -OCH3 is 1. The highest BCUT2D eigenvalue weighted by atomic mass is 79.9. The number of nitrogens with one attached hydrogen (secondary N) is 1. The molecule has 0 aliphatic carbocycles. The van der Waals surface area contributed by atoms with Crippen molar-refractivity contribution in [3.8, 4) is 5.88 Å². The predicted octanol–water partition coefficient (Wildman–Crippen LogP) is 2.69. The molecule has 6 heteroatoms. The Morgan fingerprint density at radius 2 is 2.06 bits per heavy atom. The summed E-state index contributed by atoms with van der Waals surface area (Å²) in [6, 6.07) is 9.48. The highest BCUT2D eigenvalue weighted by Crippen LogP contribution is 2.11. The van der Waals surface area contributed by atoms with Crippen LogP contribution in [-0.4, -0.2) is 23.3 Å². The van der Waals surface area contributed by atoms with Crippen molar-refractivity contribution in [1.82, 2.24) is 9.97 Å². The van der Waals surface area contributed by atoms with Crippen molar-refractivity contribution in [1.29, 1.82) is 0 Å². The molecule has 0 aliphatic heterocycles. The fourth-order valence-electron chi connectivity index (χ4n) is 1.23. The van der Waals surface area contributed by atoms with Gasteiger partial charge in [0.05, 0.1) is 13.3 Å². The number of aromatic nitrogens is 2. The van der Waals surface area contributed by atoms with E-state index in [2.05, 4.69) is 36.4 Å². The van der Waals surface area contributed by atoms with E-state index in [4.69, 9.17) is 4.74 Å². The number of benzene rings is 1. The molecule has 0 amide bonds. The van der Waals surface area contributed by atoms with Gasteiger partial charge in [-0.05, 0) is 17.7 Å². The van der Waals surface area contributed by atoms with Gasteiger partial charge in [0.25, 0.3) is 0 Å². The van der Waals surface area contributed by atoms with E-state index in [9.17, 15) is 0 Å². The quantitative estimate of drug-likeness (QED) is 0.697. The number of halogens is 1. The van der Waals surface area contributed by atoms with Crippen LogP contribution >= 0.6 is 15.9 Å². The third-order valence-corrected chi connectivity index (χ3v) is 2.64. The van der Waals surface area contributed by atoms with Gasteiger partial charge in [-0.25, -0.2) is 9.97 Å². The molecule has 0 fully saturated rings. The molecular weight excluding hydrogens is 296 g/mol. The summed E-state index contributed by atoms with van der Waals surface area (Å²) in [5.74, 6) is 1.07. The summed E-state index contributed by atoms with van der Waals surface area (Å²) >= 11 is 3.38. The van der Waals surface area contributed by atoms with E-state index in [1.807, 2.05) is 24.3 Å². The molecule has 0 unspecified atom stereocenters. The van der Waals surface area contributed by atoms with Gasteiger partial charge in [-0.15, -0.1) is 0 Å². The molecule has 0 saturated heterocycles. The maximum absolute atomic E-state index is 4.98. The molecule has 1 aromatic carbocycles. The first kappa shape index (κ1) is 12.5. The highest BCUT2D eigenvalue weighted by Gasteiger charge is 1.95. The molecule has 0 bridgehead atoms. The second-order valence-electron chi connectivity index (χ2n) is 3.37. The molecule has 1 aromatic heterocycles. The Hall–Kier alpha value is -1.95. The average molecular weight is 307 g/mol. The minimum atomic E-state index is 0.492. The summed E-state index contributed by atoms with van der Waals surface area (Å²) in [6.07, 6.45) is 3.12. The van der Waals surface area contributed by atoms with Gasteiger partial charge in [0.2, 0.25) is 5.88 Å². The topological polar surface area (TPSA) is 59.4 Å². The first-order valence-electron chi connectivity index (χ1n) is 5.18. The van der Waals surface area contributed by atoms with Gasteiger partial charge < -0.3 is 4.74 Å². The van der Waals surface area contributed by atoms with Crippen LogP contribution in [0.5, 0.6) is 5.88 Å². The lowest BCUT2D eigenvalue weighted by Crippen LogP contribution is -1.95. The Labute approximate surface area is 113 Å². The lowest BCUT2D eigenvalue weighted by atomic mass is 10.2. The van der Waals surface area contributed by atoms with Crippen molar-refractivity contribution in [2.75, 3.05) is 12.5 Å². The first-order valence-corrected chi connectivity index (χ1v) is 5.98. The predicted molar refractivity (Wildman–Crippen MR) is 73.9 cm³/mol. The van der Waals surface area contributed by atoms with Crippen LogP contribution in [0.25, 0.3) is 0 Å². The van der Waals surface area contributed by atoms with Crippen molar-refractivity contribution < 1.29 is 4.74 Å². The minimum absolute atomic E-state index is 0.492. The molecule has 0 spiro atoms. The normalized spacial score (nSPS) is 10.6. The summed E-state index contributed by atoms with van der Waals surface area (Å²) in [4.78, 5) is 7.91. The fourth-order valence-corrected chi connectivity index (χ4v) is 1.50. The van der Waals surface area contributed by atoms with Crippen molar-refractivity contribution in [3.05, 3.63) is 46.7 Å². The molecule has 1 N–H and O–H groups in total. The average Bonchev–Trinajstić information content (AvgIpc) is 2.41. The smallest absolute Gasteiger partial charge is 0.218 e. The zero-order chi connectivity index (χ0) is 12.8. The third kappa shape index (κ3) is 3.53. The minimum Gasteiger partial charge on any atom is -0.481 e. The van der Waals surface area contributed by atoms with Gasteiger partial charge >= 0.3 is 0 Å². The molecule has 0 aliphatic rings. The maximum Gasteiger partial charge on any atom is 0.218 e. The molecule has 2 rings (SSSR count). The van der Waals surface area contributed by atoms with Crippen molar-refractivity contribution in [2.24, 2.45) is 5.10 Å². The van der Waals surface area contributed by atoms with E-state index in [1.165, 1.54) is 6.33 Å². The zero-order valence-electron chi connectivity index (χ0n) is 9.67. The van der Waals surface area contributed by atoms with Gasteiger partial charge in [-0.3, -0.25) is 5.43 Å². The standard InChI is InChI=1S/C12H11BrN4O/c1-18-12-6-11(14-8-15-12)17-16-7-9-2-4-10(13)5-3-9/h2-8H,1H3,(H,14,15,17). The Morgan fingerprint density at radius 1 is 1.28 bits per heavy atom. The van der Waals surface area contributed by atoms with Crippen LogP contribution in [0.1, 0.15) is 5.56 Å². The number of nitrogens with zero attached hydrogens (tertiary/aromatic N) is 3. The molecule has 0 atom stereocenters. The monoisotopic (exact) mass is 306 g/mol. The van der Waals surface area contributed by atoms with Gasteiger partial charge in [-0.2, -0.15) is 5.10 Å². The first-order chi connectivity index (χ1) is 8.78. The van der Waals surface area contributed by atoms with E-state index < -0.39 is 0 Å². The molecule has 18 heavy (non-hydrogen) atoms. The van der Waals surface area contributed by atoms with Crippen LogP contribution < -0.4 is 10.2 Å². The van der Waals surface area contributed by atoms with E-state index in [-0.39, 0.29) is 0 Å². The number of ether oxygens (including phenoxy) is 1. The molecule has 5 nitrogen and oxygen atoms in total. The number of hydrogen-bond donors (Lipinski definition) is 1. The Kier molecular flexibility index (Phi) is 4.25. The SMILES string of the molecule is COc1cc(NN=Cc2ccc(Br)cc2)ncn1. The van der Waals surface area contributed by atoms with E-state index in [0.717, 1.165) is 10.0 Å². The Balaban J connectivity index is 2.00. The number of rotatable bonds is 4. The highest BCUT2D eigenvalue weighted by molar-refractivity contribution is 9.10. The fraction of sp³-hybridized carbons (Fsp3) is 0.0833. The van der Waals surface area contributed by atoms with Gasteiger partial charge in [0.15, 0.2) is 5.82 Å². The molecule has 92 valence electrons. The van der Waals surface area contributed by atoms with Crippen LogP contribution in [0.4, 0.5) is 5.82 Å². The molecule has 2 aromatic rings. The van der Waals surface area contributed by atoms with Crippen molar-refractivity contribution >= 4 is 28.0 Å². The van der Waals surface area contributed by atoms with Crippen molar-refractivity contribution in [2.45, 2.75) is 0 Å². The number of hydrazone groups is 1. The lowest BCUT2D eigenvalue weighted by Gasteiger charge is -2.01. The second kappa shape index (κ2) is 6.11. The van der Waals surface area contributed by atoms with Gasteiger partial charge in [0, 0.05) is 10.5 Å². The van der Waals surface area contributed by atoms with E-state index >= 15 is 0 Å². The van der Waals surface area contributed by atoms with Crippen LogP contribution in [0.2, 0.25) is 0 Å². The van der Waals surface area contributed by atoms with E-state index in [1.54, 1.807) is 19.4 Å². The maximum atomic E-state index is 4.98. The molecule has 1 heterocycles. The Morgan fingerprint density at radius 3 is 2.78 bits per heavy atom. The number of anilines is 1. The van der Waals surface area contributed by atoms with Gasteiger partial charge in [-0.1, -0.05) is 28.1 Å². The molecule has 0 radical (unpaired) electrons. The molecular formula is C12H11BrN4O.